The van der Waals surface area contributed by atoms with E-state index in [2.05, 4.69) is 4.74 Å². The topological polar surface area (TPSA) is 70.0 Å². The van der Waals surface area contributed by atoms with Crippen molar-refractivity contribution in [3.63, 3.8) is 0 Å². The summed E-state index contributed by atoms with van der Waals surface area (Å²) in [5, 5.41) is 19.0. The standard InChI is InChI=1S/C11H21NO4/c1-11(15,10(14)16-3)7-12(2)6-8-4-9(13)5-8/h8-9,13,15H,4-7H2,1-3H3. The molecule has 5 heteroatoms. The van der Waals surface area contributed by atoms with E-state index < -0.39 is 11.6 Å². The molecule has 1 atom stereocenters. The Morgan fingerprint density at radius 1 is 1.56 bits per heavy atom. The third-order valence-electron chi connectivity index (χ3n) is 2.98. The highest BCUT2D eigenvalue weighted by Gasteiger charge is 2.34. The number of esters is 1. The van der Waals surface area contributed by atoms with Crippen LogP contribution in [0.3, 0.4) is 0 Å². The van der Waals surface area contributed by atoms with E-state index in [9.17, 15) is 9.90 Å². The zero-order valence-electron chi connectivity index (χ0n) is 10.1. The number of hydrogen-bond acceptors (Lipinski definition) is 5. The van der Waals surface area contributed by atoms with Crippen LogP contribution in [0.25, 0.3) is 0 Å². The van der Waals surface area contributed by atoms with Crippen molar-refractivity contribution >= 4 is 5.97 Å². The highest BCUT2D eigenvalue weighted by atomic mass is 16.5. The maximum atomic E-state index is 11.3. The molecule has 0 aromatic carbocycles. The first-order valence-electron chi connectivity index (χ1n) is 5.52. The normalized spacial score (nSPS) is 28.4. The first-order chi connectivity index (χ1) is 7.35. The van der Waals surface area contributed by atoms with Crippen LogP contribution in [0.15, 0.2) is 0 Å². The summed E-state index contributed by atoms with van der Waals surface area (Å²) in [4.78, 5) is 13.1. The van der Waals surface area contributed by atoms with Crippen LogP contribution in [0.4, 0.5) is 0 Å². The minimum absolute atomic E-state index is 0.167. The molecule has 1 rings (SSSR count). The molecule has 0 aromatic rings. The molecular weight excluding hydrogens is 210 g/mol. The third kappa shape index (κ3) is 3.43. The fourth-order valence-electron chi connectivity index (χ4n) is 2.16. The van der Waals surface area contributed by atoms with Gasteiger partial charge in [-0.1, -0.05) is 0 Å². The second-order valence-electron chi connectivity index (χ2n) is 4.95. The summed E-state index contributed by atoms with van der Waals surface area (Å²) in [6.07, 6.45) is 1.45. The Morgan fingerprint density at radius 2 is 2.12 bits per heavy atom. The SMILES string of the molecule is COC(=O)C(C)(O)CN(C)CC1CC(O)C1. The molecule has 0 bridgehead atoms. The maximum absolute atomic E-state index is 11.3. The molecule has 0 spiro atoms. The first-order valence-corrected chi connectivity index (χ1v) is 5.52. The van der Waals surface area contributed by atoms with Gasteiger partial charge in [0.2, 0.25) is 0 Å². The van der Waals surface area contributed by atoms with Gasteiger partial charge < -0.3 is 19.8 Å². The zero-order valence-corrected chi connectivity index (χ0v) is 10.1. The van der Waals surface area contributed by atoms with Gasteiger partial charge in [0.15, 0.2) is 5.60 Å². The van der Waals surface area contributed by atoms with Crippen molar-refractivity contribution in [2.24, 2.45) is 5.92 Å². The van der Waals surface area contributed by atoms with Crippen LogP contribution in [-0.2, 0) is 9.53 Å². The molecule has 0 aromatic heterocycles. The Balaban J connectivity index is 2.32. The van der Waals surface area contributed by atoms with E-state index in [4.69, 9.17) is 5.11 Å². The van der Waals surface area contributed by atoms with Gasteiger partial charge in [0.1, 0.15) is 0 Å². The summed E-state index contributed by atoms with van der Waals surface area (Å²) < 4.78 is 4.52. The molecule has 0 saturated heterocycles. The number of aliphatic hydroxyl groups excluding tert-OH is 1. The van der Waals surface area contributed by atoms with Gasteiger partial charge in [-0.2, -0.15) is 0 Å². The Kier molecular flexibility index (Phi) is 4.29. The van der Waals surface area contributed by atoms with Crippen LogP contribution in [0.1, 0.15) is 19.8 Å². The minimum Gasteiger partial charge on any atom is -0.467 e. The number of methoxy groups -OCH3 is 1. The van der Waals surface area contributed by atoms with Gasteiger partial charge in [-0.15, -0.1) is 0 Å². The fourth-order valence-corrected chi connectivity index (χ4v) is 2.16. The molecule has 1 aliphatic carbocycles. The average Bonchev–Trinajstić information content (AvgIpc) is 2.13. The number of likely N-dealkylation sites (N-methyl/N-ethyl adjacent to an activating group) is 1. The summed E-state index contributed by atoms with van der Waals surface area (Å²) in [5.74, 6) is -0.151. The Bertz CT molecular complexity index is 248. The number of carbonyl (C=O) groups is 1. The predicted octanol–water partition coefficient (Wildman–Crippen LogP) is -0.387. The number of rotatable bonds is 5. The lowest BCUT2D eigenvalue weighted by Gasteiger charge is -2.36. The van der Waals surface area contributed by atoms with E-state index in [1.807, 2.05) is 11.9 Å². The summed E-state index contributed by atoms with van der Waals surface area (Å²) in [7, 11) is 3.11. The number of ether oxygens (including phenoxy) is 1. The lowest BCUT2D eigenvalue weighted by atomic mass is 9.82. The Hall–Kier alpha value is -0.650. The highest BCUT2D eigenvalue weighted by Crippen LogP contribution is 2.27. The monoisotopic (exact) mass is 231 g/mol. The van der Waals surface area contributed by atoms with Gasteiger partial charge in [-0.25, -0.2) is 4.79 Å². The summed E-state index contributed by atoms with van der Waals surface area (Å²) in [6.45, 7) is 2.47. The lowest BCUT2D eigenvalue weighted by molar-refractivity contribution is -0.162. The summed E-state index contributed by atoms with van der Waals surface area (Å²) in [6, 6.07) is 0. The molecule has 1 fully saturated rings. The third-order valence-corrected chi connectivity index (χ3v) is 2.98. The molecular formula is C11H21NO4. The lowest BCUT2D eigenvalue weighted by Crippen LogP contribution is -2.48. The molecule has 16 heavy (non-hydrogen) atoms. The first kappa shape index (κ1) is 13.4. The molecule has 0 amide bonds. The molecule has 1 aliphatic rings. The van der Waals surface area contributed by atoms with Crippen molar-refractivity contribution in [3.05, 3.63) is 0 Å². The van der Waals surface area contributed by atoms with Gasteiger partial charge >= 0.3 is 5.97 Å². The number of aliphatic hydroxyl groups is 2. The van der Waals surface area contributed by atoms with Gasteiger partial charge in [0.25, 0.3) is 0 Å². The molecule has 0 heterocycles. The van der Waals surface area contributed by atoms with Crippen molar-refractivity contribution in [3.8, 4) is 0 Å². The van der Waals surface area contributed by atoms with Crippen molar-refractivity contribution in [1.29, 1.82) is 0 Å². The van der Waals surface area contributed by atoms with Crippen LogP contribution in [0, 0.1) is 5.92 Å². The van der Waals surface area contributed by atoms with E-state index in [0.717, 1.165) is 19.4 Å². The summed E-state index contributed by atoms with van der Waals surface area (Å²) in [5.41, 5.74) is -1.47. The molecule has 1 unspecified atom stereocenters. The van der Waals surface area contributed by atoms with Crippen LogP contribution >= 0.6 is 0 Å². The number of carbonyl (C=O) groups excluding carboxylic acids is 1. The second-order valence-corrected chi connectivity index (χ2v) is 4.95. The Labute approximate surface area is 96.0 Å². The number of nitrogens with zero attached hydrogens (tertiary/aromatic N) is 1. The zero-order chi connectivity index (χ0) is 12.3. The van der Waals surface area contributed by atoms with Crippen LogP contribution < -0.4 is 0 Å². The van der Waals surface area contributed by atoms with Crippen LogP contribution in [0.2, 0.25) is 0 Å². The van der Waals surface area contributed by atoms with Crippen LogP contribution in [-0.4, -0.2) is 60.0 Å². The second kappa shape index (κ2) is 5.12. The van der Waals surface area contributed by atoms with Crippen molar-refractivity contribution < 1.29 is 19.7 Å². The molecule has 94 valence electrons. The van der Waals surface area contributed by atoms with Crippen molar-refractivity contribution in [2.75, 3.05) is 27.2 Å². The summed E-state index contributed by atoms with van der Waals surface area (Å²) >= 11 is 0. The van der Waals surface area contributed by atoms with E-state index in [0.29, 0.717) is 5.92 Å². The van der Waals surface area contributed by atoms with Gasteiger partial charge in [0, 0.05) is 13.1 Å². The predicted molar refractivity (Wildman–Crippen MR) is 58.9 cm³/mol. The van der Waals surface area contributed by atoms with Crippen molar-refractivity contribution in [2.45, 2.75) is 31.5 Å². The van der Waals surface area contributed by atoms with E-state index in [1.54, 1.807) is 0 Å². The van der Waals surface area contributed by atoms with Crippen molar-refractivity contribution in [1.82, 2.24) is 4.90 Å². The largest absolute Gasteiger partial charge is 0.467 e. The Morgan fingerprint density at radius 3 is 2.56 bits per heavy atom. The smallest absolute Gasteiger partial charge is 0.338 e. The van der Waals surface area contributed by atoms with Crippen LogP contribution in [0.5, 0.6) is 0 Å². The van der Waals surface area contributed by atoms with Gasteiger partial charge in [-0.05, 0) is 32.7 Å². The average molecular weight is 231 g/mol. The van der Waals surface area contributed by atoms with Gasteiger partial charge in [0.05, 0.1) is 13.2 Å². The maximum Gasteiger partial charge on any atom is 0.338 e. The molecule has 0 aliphatic heterocycles. The highest BCUT2D eigenvalue weighted by molar-refractivity contribution is 5.78. The number of hydrogen-bond donors (Lipinski definition) is 2. The molecule has 1 saturated carbocycles. The van der Waals surface area contributed by atoms with E-state index >= 15 is 0 Å². The molecule has 2 N–H and O–H groups in total. The molecule has 0 radical (unpaired) electrons. The minimum atomic E-state index is -1.47. The quantitative estimate of drug-likeness (QED) is 0.631. The fraction of sp³-hybridized carbons (Fsp3) is 0.909. The van der Waals surface area contributed by atoms with Gasteiger partial charge in [-0.3, -0.25) is 0 Å². The van der Waals surface area contributed by atoms with E-state index in [1.165, 1.54) is 14.0 Å². The van der Waals surface area contributed by atoms with E-state index in [-0.39, 0.29) is 12.6 Å². The molecule has 5 nitrogen and oxygen atoms in total.